The van der Waals surface area contributed by atoms with Crippen LogP contribution in [0.2, 0.25) is 5.02 Å². The van der Waals surface area contributed by atoms with E-state index in [4.69, 9.17) is 26.1 Å². The first-order chi connectivity index (χ1) is 23.0. The molecular formula is C39H28ClIN2O3S. The van der Waals surface area contributed by atoms with E-state index in [9.17, 15) is 4.79 Å². The number of hydrogen-bond donors (Lipinski definition) is 0. The summed E-state index contributed by atoms with van der Waals surface area (Å²) in [5.74, 6) is 1.28. The Morgan fingerprint density at radius 2 is 1.77 bits per heavy atom. The van der Waals surface area contributed by atoms with Crippen LogP contribution in [0, 0.1) is 3.57 Å². The second-order valence-electron chi connectivity index (χ2n) is 11.6. The van der Waals surface area contributed by atoms with Crippen molar-refractivity contribution < 1.29 is 9.47 Å². The maximum atomic E-state index is 14.3. The molecule has 5 aromatic carbocycles. The summed E-state index contributed by atoms with van der Waals surface area (Å²) >= 11 is 10.5. The van der Waals surface area contributed by atoms with Gasteiger partial charge >= 0.3 is 0 Å². The van der Waals surface area contributed by atoms with Gasteiger partial charge in [-0.15, -0.1) is 0 Å². The van der Waals surface area contributed by atoms with Gasteiger partial charge in [0.2, 0.25) is 0 Å². The molecule has 47 heavy (non-hydrogen) atoms. The summed E-state index contributed by atoms with van der Waals surface area (Å²) in [5.41, 5.74) is 7.25. The summed E-state index contributed by atoms with van der Waals surface area (Å²) in [6, 6.07) is 34.4. The highest BCUT2D eigenvalue weighted by atomic mass is 127. The minimum Gasteiger partial charge on any atom is -0.493 e. The van der Waals surface area contributed by atoms with Crippen LogP contribution in [-0.4, -0.2) is 11.7 Å². The fourth-order valence-electron chi connectivity index (χ4n) is 6.68. The van der Waals surface area contributed by atoms with Gasteiger partial charge in [-0.1, -0.05) is 108 Å². The molecule has 2 aliphatic rings. The standard InChI is InChI=1S/C39H28ClIN2O3S/c1-45-33-20-23(19-32(41)37(33)46-22-26-12-8-11-24-9-2-4-13-27(24)26)21-34-38(44)43-36(29-15-6-7-16-31(29)40)30-18-17-25-10-3-5-14-28(25)35(30)42-39(43)47-34/h2-16,19-21,36H,17-18,22H2,1H3. The van der Waals surface area contributed by atoms with Crippen LogP contribution in [0.15, 0.2) is 118 Å². The van der Waals surface area contributed by atoms with E-state index in [0.717, 1.165) is 55.3 Å². The molecular weight excluding hydrogens is 739 g/mol. The molecule has 0 spiro atoms. The molecule has 8 heteroatoms. The van der Waals surface area contributed by atoms with Crippen molar-refractivity contribution in [3.8, 4) is 11.5 Å². The van der Waals surface area contributed by atoms with Crippen LogP contribution in [0.4, 0.5) is 0 Å². The number of aryl methyl sites for hydroxylation is 1. The van der Waals surface area contributed by atoms with E-state index >= 15 is 0 Å². The molecule has 0 amide bonds. The fraction of sp³-hybridized carbons (Fsp3) is 0.128. The Morgan fingerprint density at radius 3 is 2.64 bits per heavy atom. The molecule has 1 aliphatic heterocycles. The van der Waals surface area contributed by atoms with Gasteiger partial charge in [0, 0.05) is 10.6 Å². The average Bonchev–Trinajstić information content (AvgIpc) is 3.40. The number of fused-ring (bicyclic) bond motifs is 4. The SMILES string of the molecule is COc1cc(C=c2sc3n(c2=O)C(c2ccccc2Cl)C2=C(N=3)c3ccccc3CC2)cc(I)c1OCc1cccc2ccccc12. The number of aromatic nitrogens is 1. The second kappa shape index (κ2) is 12.4. The minimum absolute atomic E-state index is 0.0886. The van der Waals surface area contributed by atoms with Crippen molar-refractivity contribution in [2.24, 2.45) is 4.99 Å². The Morgan fingerprint density at radius 1 is 0.979 bits per heavy atom. The first-order valence-corrected chi connectivity index (χ1v) is 17.6. The maximum absolute atomic E-state index is 14.3. The molecule has 0 saturated heterocycles. The van der Waals surface area contributed by atoms with Gasteiger partial charge < -0.3 is 9.47 Å². The highest BCUT2D eigenvalue weighted by molar-refractivity contribution is 14.1. The topological polar surface area (TPSA) is 52.8 Å². The van der Waals surface area contributed by atoms with E-state index < -0.39 is 0 Å². The van der Waals surface area contributed by atoms with Crippen LogP contribution in [0.5, 0.6) is 11.5 Å². The van der Waals surface area contributed by atoms with Crippen molar-refractivity contribution in [2.45, 2.75) is 25.5 Å². The van der Waals surface area contributed by atoms with Gasteiger partial charge in [0.1, 0.15) is 6.61 Å². The van der Waals surface area contributed by atoms with Crippen molar-refractivity contribution in [3.63, 3.8) is 0 Å². The first kappa shape index (κ1) is 30.2. The first-order valence-electron chi connectivity index (χ1n) is 15.3. The Balaban J connectivity index is 1.21. The van der Waals surface area contributed by atoms with Gasteiger partial charge in [0.25, 0.3) is 5.56 Å². The van der Waals surface area contributed by atoms with E-state index in [0.29, 0.717) is 32.5 Å². The van der Waals surface area contributed by atoms with Crippen molar-refractivity contribution in [3.05, 3.63) is 165 Å². The average molecular weight is 767 g/mol. The molecule has 5 nitrogen and oxygen atoms in total. The van der Waals surface area contributed by atoms with Crippen LogP contribution >= 0.6 is 45.5 Å². The predicted octanol–water partition coefficient (Wildman–Crippen LogP) is 8.32. The molecule has 0 N–H and O–H groups in total. The molecule has 1 atom stereocenters. The molecule has 0 saturated carbocycles. The zero-order chi connectivity index (χ0) is 32.1. The zero-order valence-electron chi connectivity index (χ0n) is 25.4. The number of allylic oxidation sites excluding steroid dienone is 1. The molecule has 232 valence electrons. The lowest BCUT2D eigenvalue weighted by molar-refractivity contribution is 0.283. The molecule has 0 radical (unpaired) electrons. The Kier molecular flexibility index (Phi) is 7.99. The van der Waals surface area contributed by atoms with E-state index in [1.165, 1.54) is 22.3 Å². The minimum atomic E-state index is -0.329. The van der Waals surface area contributed by atoms with E-state index in [-0.39, 0.29) is 11.6 Å². The van der Waals surface area contributed by atoms with Crippen LogP contribution < -0.4 is 24.4 Å². The second-order valence-corrected chi connectivity index (χ2v) is 14.2. The quantitative estimate of drug-likeness (QED) is 0.160. The molecule has 2 heterocycles. The van der Waals surface area contributed by atoms with Crippen molar-refractivity contribution >= 4 is 68.1 Å². The lowest BCUT2D eigenvalue weighted by atomic mass is 9.83. The van der Waals surface area contributed by atoms with Gasteiger partial charge in [0.15, 0.2) is 16.3 Å². The number of methoxy groups -OCH3 is 1. The van der Waals surface area contributed by atoms with Gasteiger partial charge in [0.05, 0.1) is 27.0 Å². The number of rotatable bonds is 6. The summed E-state index contributed by atoms with van der Waals surface area (Å²) in [7, 11) is 1.64. The third kappa shape index (κ3) is 5.40. The largest absolute Gasteiger partial charge is 0.493 e. The van der Waals surface area contributed by atoms with Crippen LogP contribution in [0.1, 0.15) is 40.3 Å². The van der Waals surface area contributed by atoms with Crippen molar-refractivity contribution in [1.82, 2.24) is 4.57 Å². The van der Waals surface area contributed by atoms with Crippen molar-refractivity contribution in [2.75, 3.05) is 7.11 Å². The van der Waals surface area contributed by atoms with Crippen molar-refractivity contribution in [1.29, 1.82) is 0 Å². The maximum Gasteiger partial charge on any atom is 0.271 e. The summed E-state index contributed by atoms with van der Waals surface area (Å²) in [4.78, 5) is 20.1. The number of benzene rings is 5. The highest BCUT2D eigenvalue weighted by Gasteiger charge is 2.33. The van der Waals surface area contributed by atoms with E-state index in [1.807, 2.05) is 65.2 Å². The Hall–Kier alpha value is -4.18. The molecule has 0 bridgehead atoms. The van der Waals surface area contributed by atoms with Gasteiger partial charge in [-0.05, 0) is 98.3 Å². The summed E-state index contributed by atoms with van der Waals surface area (Å²) in [5, 5.41) is 2.98. The molecule has 1 aromatic heterocycles. The summed E-state index contributed by atoms with van der Waals surface area (Å²) < 4.78 is 15.5. The van der Waals surface area contributed by atoms with Gasteiger partial charge in [-0.2, -0.15) is 0 Å². The van der Waals surface area contributed by atoms with Crippen LogP contribution in [0.25, 0.3) is 22.5 Å². The fourth-order valence-corrected chi connectivity index (χ4v) is 8.70. The summed E-state index contributed by atoms with van der Waals surface area (Å²) in [6.45, 7) is 0.404. The Bertz CT molecular complexity index is 2420. The van der Waals surface area contributed by atoms with Crippen LogP contribution in [-0.2, 0) is 13.0 Å². The Labute approximate surface area is 294 Å². The molecule has 1 aliphatic carbocycles. The molecule has 1 unspecified atom stereocenters. The molecule has 6 aromatic rings. The molecule has 8 rings (SSSR count). The van der Waals surface area contributed by atoms with Gasteiger partial charge in [-0.25, -0.2) is 4.99 Å². The lowest BCUT2D eigenvalue weighted by Crippen LogP contribution is -2.38. The lowest BCUT2D eigenvalue weighted by Gasteiger charge is -2.31. The number of nitrogens with zero attached hydrogens (tertiary/aromatic N) is 2. The van der Waals surface area contributed by atoms with Gasteiger partial charge in [-0.3, -0.25) is 9.36 Å². The zero-order valence-corrected chi connectivity index (χ0v) is 29.1. The highest BCUT2D eigenvalue weighted by Crippen LogP contribution is 2.43. The summed E-state index contributed by atoms with van der Waals surface area (Å²) in [6.07, 6.45) is 3.62. The number of thiazole rings is 1. The number of ether oxygens (including phenoxy) is 2. The smallest absolute Gasteiger partial charge is 0.271 e. The van der Waals surface area contributed by atoms with E-state index in [2.05, 4.69) is 71.1 Å². The van der Waals surface area contributed by atoms with E-state index in [1.54, 1.807) is 7.11 Å². The number of hydrogen-bond acceptors (Lipinski definition) is 5. The van der Waals surface area contributed by atoms with Crippen LogP contribution in [0.3, 0.4) is 0 Å². The number of halogens is 2. The predicted molar refractivity (Wildman–Crippen MR) is 198 cm³/mol. The molecule has 0 fully saturated rings. The third-order valence-electron chi connectivity index (χ3n) is 8.87. The normalized spacial score (nSPS) is 15.6. The monoisotopic (exact) mass is 766 g/mol. The third-order valence-corrected chi connectivity index (χ3v) is 11.0.